The van der Waals surface area contributed by atoms with Gasteiger partial charge in [-0.1, -0.05) is 45.9 Å². The van der Waals surface area contributed by atoms with Crippen molar-refractivity contribution in [3.8, 4) is 23.0 Å². The van der Waals surface area contributed by atoms with Gasteiger partial charge in [-0.3, -0.25) is 14.4 Å². The van der Waals surface area contributed by atoms with Crippen LogP contribution < -0.4 is 9.64 Å². The molecule has 14 nitrogen and oxygen atoms in total. The lowest BCUT2D eigenvalue weighted by molar-refractivity contribution is -0.553. The first-order valence-electron chi connectivity index (χ1n) is 18.9. The third-order valence-electron chi connectivity index (χ3n) is 11.7. The quantitative estimate of drug-likeness (QED) is 0.160. The average molecular weight is 780 g/mol. The highest BCUT2D eigenvalue weighted by Crippen LogP contribution is 2.56. The fraction of sp³-hybridized carbons (Fsp3) is 0.524. The Morgan fingerprint density at radius 2 is 1.61 bits per heavy atom. The van der Waals surface area contributed by atoms with E-state index in [0.29, 0.717) is 6.54 Å². The van der Waals surface area contributed by atoms with Crippen LogP contribution in [0.2, 0.25) is 0 Å². The van der Waals surface area contributed by atoms with Crippen LogP contribution in [0, 0.1) is 30.6 Å². The van der Waals surface area contributed by atoms with E-state index in [-0.39, 0.29) is 44.5 Å². The predicted octanol–water partition coefficient (Wildman–Crippen LogP) is 4.96. The number of esters is 1. The van der Waals surface area contributed by atoms with Crippen LogP contribution in [0.3, 0.4) is 0 Å². The number of carbonyl (C=O) groups is 3. The number of hydrogen-bond donors (Lipinski definition) is 5. The lowest BCUT2D eigenvalue weighted by Gasteiger charge is -2.38. The molecule has 10 unspecified atom stereocenters. The number of nitrogens with zero attached hydrogens (tertiary/aromatic N) is 2. The van der Waals surface area contributed by atoms with Gasteiger partial charge in [0.1, 0.15) is 41.1 Å². The Morgan fingerprint density at radius 3 is 2.21 bits per heavy atom. The first kappa shape index (κ1) is 42.2. The third kappa shape index (κ3) is 7.03. The van der Waals surface area contributed by atoms with Gasteiger partial charge in [-0.15, -0.1) is 0 Å². The molecule has 4 aliphatic heterocycles. The number of aliphatic hydroxyl groups is 2. The zero-order valence-electron chi connectivity index (χ0n) is 33.9. The van der Waals surface area contributed by atoms with Gasteiger partial charge >= 0.3 is 11.8 Å². The lowest BCUT2D eigenvalue weighted by atomic mass is 9.78. The van der Waals surface area contributed by atoms with Crippen LogP contribution in [0.15, 0.2) is 36.1 Å². The fourth-order valence-electron chi connectivity index (χ4n) is 8.18. The summed E-state index contributed by atoms with van der Waals surface area (Å²) in [7, 11) is 1.44. The van der Waals surface area contributed by atoms with Crippen molar-refractivity contribution >= 4 is 40.3 Å². The molecular weight excluding hydrogens is 724 g/mol. The van der Waals surface area contributed by atoms with E-state index < -0.39 is 94.9 Å². The number of allylic oxidation sites excluding steroid dienone is 2. The highest BCUT2D eigenvalue weighted by Gasteiger charge is 2.51. The summed E-state index contributed by atoms with van der Waals surface area (Å²) in [6.07, 6.45) is 4.72. The maximum Gasteiger partial charge on any atom is 0.312 e. The molecule has 56 heavy (non-hydrogen) atoms. The van der Waals surface area contributed by atoms with Gasteiger partial charge in [0, 0.05) is 68.1 Å². The van der Waals surface area contributed by atoms with Crippen molar-refractivity contribution in [3.63, 3.8) is 0 Å². The van der Waals surface area contributed by atoms with E-state index in [1.54, 1.807) is 70.6 Å². The molecule has 0 fully saturated rings. The SMILES string of the molecule is CC[N+]1=Cc2c3c(O)c4c(O)c(C)c5c(c4c2O)C(=O)C(C)(O/C=C\C(OC)C(C)C(OC(C)=O)C(C)C(O)C(C)C(O)C(C)/C=C/C=C(\C)C(=O)N3C1C)O5. The summed E-state index contributed by atoms with van der Waals surface area (Å²) in [4.78, 5) is 42.3. The monoisotopic (exact) mass is 779 g/mol. The topological polar surface area (TPSA) is 196 Å². The molecule has 2 aromatic carbocycles. The molecule has 0 aromatic heterocycles. The minimum absolute atomic E-state index is 0.0477. The molecule has 0 spiro atoms. The summed E-state index contributed by atoms with van der Waals surface area (Å²) in [5.41, 5.74) is 0.194. The van der Waals surface area contributed by atoms with Gasteiger partial charge in [-0.05, 0) is 26.8 Å². The molecule has 304 valence electrons. The number of aliphatic hydroxyl groups excluding tert-OH is 2. The number of ether oxygens (including phenoxy) is 4. The summed E-state index contributed by atoms with van der Waals surface area (Å²) >= 11 is 0. The van der Waals surface area contributed by atoms with Crippen LogP contribution in [0.4, 0.5) is 5.69 Å². The van der Waals surface area contributed by atoms with Gasteiger partial charge in [0.15, 0.2) is 12.0 Å². The van der Waals surface area contributed by atoms with Crippen LogP contribution in [-0.2, 0) is 23.8 Å². The molecule has 4 aliphatic rings. The summed E-state index contributed by atoms with van der Waals surface area (Å²) in [5.74, 6) is -7.78. The van der Waals surface area contributed by atoms with Gasteiger partial charge in [0.05, 0.1) is 35.5 Å². The number of phenols is 3. The molecule has 0 radical (unpaired) electrons. The molecule has 0 saturated heterocycles. The summed E-state index contributed by atoms with van der Waals surface area (Å²) in [6, 6.07) is 0. The Labute approximate surface area is 326 Å². The number of rotatable bonds is 3. The maximum absolute atomic E-state index is 14.4. The zero-order chi connectivity index (χ0) is 41.7. The first-order chi connectivity index (χ1) is 26.2. The smallest absolute Gasteiger partial charge is 0.312 e. The van der Waals surface area contributed by atoms with Crippen molar-refractivity contribution in [2.24, 2.45) is 23.7 Å². The molecule has 4 heterocycles. The van der Waals surface area contributed by atoms with Crippen molar-refractivity contribution < 1.29 is 63.4 Å². The summed E-state index contributed by atoms with van der Waals surface area (Å²) in [6.45, 7) is 16.7. The number of fused-ring (bicyclic) bond motifs is 12. The van der Waals surface area contributed by atoms with E-state index in [1.165, 1.54) is 45.1 Å². The van der Waals surface area contributed by atoms with Crippen molar-refractivity contribution in [1.29, 1.82) is 0 Å². The van der Waals surface area contributed by atoms with E-state index in [4.69, 9.17) is 18.9 Å². The number of anilines is 1. The number of ketones is 1. The average Bonchev–Trinajstić information content (AvgIpc) is 3.42. The number of benzene rings is 2. The molecule has 5 N–H and O–H groups in total. The summed E-state index contributed by atoms with van der Waals surface area (Å²) < 4.78 is 25.4. The van der Waals surface area contributed by atoms with Crippen molar-refractivity contribution in [2.75, 3.05) is 18.6 Å². The van der Waals surface area contributed by atoms with Crippen LogP contribution >= 0.6 is 0 Å². The van der Waals surface area contributed by atoms with Gasteiger partial charge in [-0.2, -0.15) is 0 Å². The standard InChI is InChI=1S/C42H54N2O12/c1-12-43-18-27-32-37(50)30-29(36(27)49)31-39(24(7)35(30)48)56-42(10,40(31)51)54-17-16-28(53-11)21(4)38(55-26(9)45)23(6)34(47)22(5)33(46)19(2)14-13-15-20(3)41(52)44(32)25(43)8/h13-19,21-23,25,28,33-34,38,46-47H,12H2,1-11H3,(H2,48,50,51)/p+1/b14-13+,17-16-,20-15+. The van der Waals surface area contributed by atoms with Crippen LogP contribution in [0.5, 0.6) is 23.0 Å². The molecule has 1 amide bonds. The highest BCUT2D eigenvalue weighted by molar-refractivity contribution is 6.24. The number of methoxy groups -OCH3 is 1. The number of carbonyl (C=O) groups excluding carboxylic acids is 3. The second kappa shape index (κ2) is 15.9. The minimum atomic E-state index is -2.01. The molecular formula is C42H55N2O12+. The Morgan fingerprint density at radius 1 is 0.946 bits per heavy atom. The second-order valence-corrected chi connectivity index (χ2v) is 15.4. The Balaban J connectivity index is 1.75. The van der Waals surface area contributed by atoms with E-state index >= 15 is 0 Å². The van der Waals surface area contributed by atoms with Gasteiger partial charge in [-0.25, -0.2) is 9.48 Å². The Hall–Kier alpha value is -4.92. The maximum atomic E-state index is 14.4. The molecule has 10 atom stereocenters. The Kier molecular flexibility index (Phi) is 12.0. The van der Waals surface area contributed by atoms with Crippen LogP contribution in [0.1, 0.15) is 83.8 Å². The van der Waals surface area contributed by atoms with Crippen molar-refractivity contribution in [2.45, 2.75) is 106 Å². The Bertz CT molecular complexity index is 2050. The van der Waals surface area contributed by atoms with Crippen LogP contribution in [-0.4, -0.2) is 104 Å². The number of Topliss-reactive ketones (excluding diaryl/α,β-unsaturated/α-hetero) is 1. The van der Waals surface area contributed by atoms with E-state index in [1.807, 2.05) is 6.92 Å². The number of aromatic hydroxyl groups is 3. The highest BCUT2D eigenvalue weighted by atomic mass is 16.7. The molecule has 6 rings (SSSR count). The van der Waals surface area contributed by atoms with Gasteiger partial charge in [0.25, 0.3) is 11.7 Å². The lowest BCUT2D eigenvalue weighted by Crippen LogP contribution is -2.49. The first-order valence-corrected chi connectivity index (χ1v) is 18.9. The van der Waals surface area contributed by atoms with Gasteiger partial charge < -0.3 is 44.5 Å². The normalized spacial score (nSPS) is 33.4. The zero-order valence-corrected chi connectivity index (χ0v) is 33.9. The van der Waals surface area contributed by atoms with Crippen LogP contribution in [0.25, 0.3) is 10.8 Å². The predicted molar refractivity (Wildman–Crippen MR) is 208 cm³/mol. The fourth-order valence-corrected chi connectivity index (χ4v) is 8.18. The summed E-state index contributed by atoms with van der Waals surface area (Å²) in [5, 5.41) is 58.1. The molecule has 0 aliphatic carbocycles. The molecule has 14 heteroatoms. The largest absolute Gasteiger partial charge is 0.507 e. The van der Waals surface area contributed by atoms with E-state index in [2.05, 4.69) is 0 Å². The third-order valence-corrected chi connectivity index (χ3v) is 11.7. The molecule has 2 aromatic rings. The van der Waals surface area contributed by atoms with E-state index in [0.717, 1.165) is 0 Å². The second-order valence-electron chi connectivity index (χ2n) is 15.4. The number of amides is 1. The van der Waals surface area contributed by atoms with Gasteiger partial charge in [0.2, 0.25) is 6.17 Å². The number of phenolic OH excluding ortho intramolecular Hbond substituents is 3. The number of hydrogen-bond acceptors (Lipinski definition) is 12. The van der Waals surface area contributed by atoms with Crippen molar-refractivity contribution in [1.82, 2.24) is 0 Å². The molecule has 7 bridgehead atoms. The van der Waals surface area contributed by atoms with E-state index in [9.17, 15) is 39.9 Å². The van der Waals surface area contributed by atoms with Crippen molar-refractivity contribution in [3.05, 3.63) is 52.8 Å². The minimum Gasteiger partial charge on any atom is -0.507 e. The molecule has 0 saturated carbocycles.